The first kappa shape index (κ1) is 29.8. The first-order valence-electron chi connectivity index (χ1n) is 17.1. The fraction of sp³-hybridized carbons (Fsp3) is 0.486. The predicted octanol–water partition coefficient (Wildman–Crippen LogP) is 5.40. The second-order valence-electron chi connectivity index (χ2n) is 14.6. The zero-order chi connectivity index (χ0) is 32.7. The third-order valence-corrected chi connectivity index (χ3v) is 11.1. The molecular weight excluding hydrogens is 614 g/mol. The van der Waals surface area contributed by atoms with Gasteiger partial charge in [0.1, 0.15) is 40.6 Å². The molecule has 9 nitrogen and oxygen atoms in total. The van der Waals surface area contributed by atoms with Crippen molar-refractivity contribution in [2.75, 3.05) is 44.3 Å². The molecule has 2 N–H and O–H groups in total. The Bertz CT molecular complexity index is 2010. The van der Waals surface area contributed by atoms with Gasteiger partial charge in [-0.3, -0.25) is 0 Å². The van der Waals surface area contributed by atoms with E-state index in [1.807, 2.05) is 0 Å². The van der Waals surface area contributed by atoms with Gasteiger partial charge in [-0.2, -0.15) is 9.97 Å². The number of rotatable bonds is 6. The van der Waals surface area contributed by atoms with E-state index in [1.165, 1.54) is 37.1 Å². The SMILES string of the molecule is C#Cc1c(F)ccc2cc(O)cc(-c3nc4c5c(nc(OCC6(CN7CCC[C@@H](C)C7)CC6)nc5c3F)N3C[C@H]5CC[C@H](N5)[C@H]3CO4)c12. The molecule has 2 aromatic heterocycles. The van der Waals surface area contributed by atoms with E-state index in [-0.39, 0.29) is 68.9 Å². The molecule has 11 heteroatoms. The number of anilines is 1. The summed E-state index contributed by atoms with van der Waals surface area (Å²) in [7, 11) is 0. The molecule has 9 rings (SSSR count). The Morgan fingerprint density at radius 3 is 2.81 bits per heavy atom. The number of terminal acetylenes is 1. The molecule has 248 valence electrons. The number of benzene rings is 2. The van der Waals surface area contributed by atoms with Crippen LogP contribution in [0, 0.1) is 35.3 Å². The number of halogens is 2. The number of likely N-dealkylation sites (tertiary alicyclic amines) is 1. The fourth-order valence-corrected chi connectivity index (χ4v) is 8.56. The second kappa shape index (κ2) is 11.1. The Morgan fingerprint density at radius 2 is 2.00 bits per heavy atom. The lowest BCUT2D eigenvalue weighted by Gasteiger charge is -2.40. The summed E-state index contributed by atoms with van der Waals surface area (Å²) in [6.45, 7) is 6.94. The van der Waals surface area contributed by atoms with Crippen molar-refractivity contribution in [3.63, 3.8) is 0 Å². The molecule has 4 atom stereocenters. The largest absolute Gasteiger partial charge is 0.508 e. The number of piperidine rings is 1. The molecule has 6 heterocycles. The normalized spacial score (nSPS) is 25.8. The molecule has 48 heavy (non-hydrogen) atoms. The number of hydrogen-bond acceptors (Lipinski definition) is 9. The Balaban J connectivity index is 1.18. The van der Waals surface area contributed by atoms with Gasteiger partial charge in [0.05, 0.1) is 18.2 Å². The van der Waals surface area contributed by atoms with Crippen molar-refractivity contribution in [3.8, 4) is 41.2 Å². The molecule has 2 aromatic carbocycles. The Kier molecular flexibility index (Phi) is 6.92. The summed E-state index contributed by atoms with van der Waals surface area (Å²) in [5, 5.41) is 15.5. The van der Waals surface area contributed by atoms with E-state index in [0.717, 1.165) is 45.3 Å². The maximum absolute atomic E-state index is 17.1. The third-order valence-electron chi connectivity index (χ3n) is 11.1. The van der Waals surface area contributed by atoms with Crippen LogP contribution in [0.5, 0.6) is 17.6 Å². The monoisotopic (exact) mass is 652 g/mol. The number of phenols is 1. The first-order valence-corrected chi connectivity index (χ1v) is 17.1. The van der Waals surface area contributed by atoms with Crippen LogP contribution in [0.15, 0.2) is 24.3 Å². The minimum absolute atomic E-state index is 0.00591. The molecule has 0 radical (unpaired) electrons. The van der Waals surface area contributed by atoms with Crippen molar-refractivity contribution < 1.29 is 23.4 Å². The minimum Gasteiger partial charge on any atom is -0.508 e. The third kappa shape index (κ3) is 4.91. The van der Waals surface area contributed by atoms with E-state index in [0.29, 0.717) is 42.3 Å². The van der Waals surface area contributed by atoms with Crippen LogP contribution in [0.25, 0.3) is 32.9 Å². The molecule has 0 unspecified atom stereocenters. The zero-order valence-corrected chi connectivity index (χ0v) is 26.9. The molecule has 0 spiro atoms. The fourth-order valence-electron chi connectivity index (χ4n) is 8.56. The summed E-state index contributed by atoms with van der Waals surface area (Å²) in [4.78, 5) is 19.1. The molecule has 1 saturated carbocycles. The molecule has 4 fully saturated rings. The molecule has 4 aliphatic heterocycles. The molecule has 3 saturated heterocycles. The summed E-state index contributed by atoms with van der Waals surface area (Å²) in [6.07, 6.45) is 12.4. The van der Waals surface area contributed by atoms with Gasteiger partial charge in [0.15, 0.2) is 5.82 Å². The number of nitrogens with zero attached hydrogens (tertiary/aromatic N) is 5. The van der Waals surface area contributed by atoms with Gasteiger partial charge >= 0.3 is 6.01 Å². The lowest BCUT2D eigenvalue weighted by Crippen LogP contribution is -2.60. The number of phenolic OH excluding ortho intramolecular Hbond substituents is 1. The molecule has 5 aliphatic rings. The van der Waals surface area contributed by atoms with Crippen LogP contribution in [-0.4, -0.2) is 82.5 Å². The van der Waals surface area contributed by atoms with E-state index >= 15 is 4.39 Å². The van der Waals surface area contributed by atoms with Gasteiger partial charge in [-0.1, -0.05) is 18.9 Å². The average molecular weight is 653 g/mol. The number of piperazine rings is 1. The van der Waals surface area contributed by atoms with Crippen LogP contribution in [0.2, 0.25) is 0 Å². The van der Waals surface area contributed by atoms with Crippen LogP contribution in [0.3, 0.4) is 0 Å². The quantitative estimate of drug-likeness (QED) is 0.266. The average Bonchev–Trinajstić information content (AvgIpc) is 3.76. The number of hydrogen-bond donors (Lipinski definition) is 2. The van der Waals surface area contributed by atoms with E-state index in [2.05, 4.69) is 32.9 Å². The number of aromatic nitrogens is 3. The van der Waals surface area contributed by atoms with Crippen LogP contribution in [-0.2, 0) is 0 Å². The van der Waals surface area contributed by atoms with Gasteiger partial charge in [-0.15, -0.1) is 6.42 Å². The Hall–Kier alpha value is -4.27. The van der Waals surface area contributed by atoms with E-state index in [1.54, 1.807) is 0 Å². The summed E-state index contributed by atoms with van der Waals surface area (Å²) in [6, 6.07) is 6.11. The van der Waals surface area contributed by atoms with Crippen LogP contribution >= 0.6 is 0 Å². The Morgan fingerprint density at radius 1 is 1.12 bits per heavy atom. The van der Waals surface area contributed by atoms with E-state index in [9.17, 15) is 9.50 Å². The number of fused-ring (bicyclic) bond motifs is 6. The molecule has 1 aliphatic carbocycles. The van der Waals surface area contributed by atoms with Gasteiger partial charge in [0.25, 0.3) is 0 Å². The van der Waals surface area contributed by atoms with E-state index < -0.39 is 11.6 Å². The van der Waals surface area contributed by atoms with Crippen LogP contribution in [0.4, 0.5) is 14.6 Å². The van der Waals surface area contributed by atoms with Gasteiger partial charge in [-0.05, 0) is 74.6 Å². The highest BCUT2D eigenvalue weighted by atomic mass is 19.1. The van der Waals surface area contributed by atoms with Crippen molar-refractivity contribution in [2.45, 2.75) is 63.6 Å². The first-order chi connectivity index (χ1) is 23.3. The molecule has 4 aromatic rings. The van der Waals surface area contributed by atoms with Crippen molar-refractivity contribution >= 4 is 27.5 Å². The van der Waals surface area contributed by atoms with Gasteiger partial charge in [0, 0.05) is 48.1 Å². The number of nitrogens with one attached hydrogen (secondary N) is 1. The lowest BCUT2D eigenvalue weighted by atomic mass is 9.95. The number of aromatic hydroxyl groups is 1. The minimum atomic E-state index is -0.745. The second-order valence-corrected chi connectivity index (χ2v) is 14.6. The smallest absolute Gasteiger partial charge is 0.319 e. The molecule has 2 bridgehead atoms. The van der Waals surface area contributed by atoms with Gasteiger partial charge < -0.3 is 29.7 Å². The molecular formula is C37H38F2N6O3. The maximum atomic E-state index is 17.1. The predicted molar refractivity (Wildman–Crippen MR) is 178 cm³/mol. The highest BCUT2D eigenvalue weighted by Crippen LogP contribution is 2.48. The van der Waals surface area contributed by atoms with Gasteiger partial charge in [-0.25, -0.2) is 13.8 Å². The lowest BCUT2D eigenvalue weighted by molar-refractivity contribution is 0.119. The van der Waals surface area contributed by atoms with Crippen molar-refractivity contribution in [1.29, 1.82) is 0 Å². The maximum Gasteiger partial charge on any atom is 0.319 e. The summed E-state index contributed by atoms with van der Waals surface area (Å²) in [5.41, 5.74) is 0.00157. The molecule has 0 amide bonds. The summed E-state index contributed by atoms with van der Waals surface area (Å²) in [5.74, 6) is 2.33. The standard InChI is InChI=1S/C37H38F2N6O3/c1-3-24-26(38)8-6-21-13-23(46)14-25(29(21)24)32-31(39)33-30-34(45-16-22-7-9-27(40-22)28(45)17-47-35(30)41-32)43-36(42-33)48-19-37(10-11-37)18-44-12-4-5-20(2)15-44/h1,6,8,13-14,20,22,27-28,40,46H,4-5,7,9-12,15-19H2,2H3/t20-,22-,27+,28-/m1/s1. The van der Waals surface area contributed by atoms with Crippen molar-refractivity contribution in [1.82, 2.24) is 25.2 Å². The summed E-state index contributed by atoms with van der Waals surface area (Å²) < 4.78 is 44.9. The highest BCUT2D eigenvalue weighted by molar-refractivity contribution is 6.04. The topological polar surface area (TPSA) is 95.9 Å². The van der Waals surface area contributed by atoms with Gasteiger partial charge in [0.2, 0.25) is 5.88 Å². The highest BCUT2D eigenvalue weighted by Gasteiger charge is 2.47. The zero-order valence-electron chi connectivity index (χ0n) is 26.9. The van der Waals surface area contributed by atoms with Crippen molar-refractivity contribution in [3.05, 3.63) is 41.5 Å². The van der Waals surface area contributed by atoms with E-state index in [4.69, 9.17) is 25.9 Å². The number of pyridine rings is 1. The van der Waals surface area contributed by atoms with Crippen molar-refractivity contribution in [2.24, 2.45) is 11.3 Å². The Labute approximate surface area is 277 Å². The summed E-state index contributed by atoms with van der Waals surface area (Å²) >= 11 is 0. The number of ether oxygens (including phenoxy) is 2. The van der Waals surface area contributed by atoms with Crippen LogP contribution in [0.1, 0.15) is 51.0 Å². The van der Waals surface area contributed by atoms with Crippen LogP contribution < -0.4 is 19.7 Å².